The van der Waals surface area contributed by atoms with Crippen molar-refractivity contribution in [1.29, 1.82) is 0 Å². The largest absolute Gasteiger partial charge is 0.465 e. The van der Waals surface area contributed by atoms with E-state index in [9.17, 15) is 14.4 Å². The summed E-state index contributed by atoms with van der Waals surface area (Å²) in [4.78, 5) is 36.2. The highest BCUT2D eigenvalue weighted by atomic mass is 16.5. The Morgan fingerprint density at radius 3 is 2.17 bits per heavy atom. The van der Waals surface area contributed by atoms with E-state index in [0.717, 1.165) is 19.6 Å². The molecule has 0 atom stereocenters. The van der Waals surface area contributed by atoms with Crippen LogP contribution in [0.15, 0.2) is 24.3 Å². The molecule has 1 aromatic rings. The van der Waals surface area contributed by atoms with Gasteiger partial charge in [-0.05, 0) is 38.1 Å². The van der Waals surface area contributed by atoms with E-state index in [1.165, 1.54) is 36.3 Å². The van der Waals surface area contributed by atoms with E-state index in [-0.39, 0.29) is 0 Å². The summed E-state index contributed by atoms with van der Waals surface area (Å²) < 4.78 is 4.59. The van der Waals surface area contributed by atoms with Gasteiger partial charge in [0.05, 0.1) is 38.9 Å². The minimum Gasteiger partial charge on any atom is -0.465 e. The SMILES string of the molecule is CC[NH+](CC)CCNC(=O)C(=O)Nc1ccc(C(=O)OC)cc1. The Labute approximate surface area is 136 Å². The Hall–Kier alpha value is -2.41. The molecule has 0 saturated carbocycles. The molecule has 0 bridgehead atoms. The number of nitrogens with one attached hydrogen (secondary N) is 3. The molecule has 1 aromatic carbocycles. The van der Waals surface area contributed by atoms with Crippen LogP contribution in [0.5, 0.6) is 0 Å². The lowest BCUT2D eigenvalue weighted by Crippen LogP contribution is -3.12. The lowest BCUT2D eigenvalue weighted by atomic mass is 10.2. The predicted octanol–water partition coefficient (Wildman–Crippen LogP) is -0.547. The molecule has 0 aliphatic carbocycles. The molecule has 0 heterocycles. The molecule has 1 rings (SSSR count). The number of carbonyl (C=O) groups is 3. The van der Waals surface area contributed by atoms with Gasteiger partial charge in [0.25, 0.3) is 0 Å². The third-order valence-electron chi connectivity index (χ3n) is 3.53. The summed E-state index contributed by atoms with van der Waals surface area (Å²) in [5, 5.41) is 5.08. The third kappa shape index (κ3) is 6.07. The second-order valence-corrected chi connectivity index (χ2v) is 4.99. The maximum atomic E-state index is 11.8. The number of quaternary nitrogens is 1. The average Bonchev–Trinajstić information content (AvgIpc) is 2.58. The van der Waals surface area contributed by atoms with Gasteiger partial charge in [0.2, 0.25) is 0 Å². The van der Waals surface area contributed by atoms with Crippen LogP contribution >= 0.6 is 0 Å². The summed E-state index contributed by atoms with van der Waals surface area (Å²) >= 11 is 0. The Morgan fingerprint density at radius 1 is 1.04 bits per heavy atom. The van der Waals surface area contributed by atoms with E-state index in [2.05, 4.69) is 29.2 Å². The van der Waals surface area contributed by atoms with Gasteiger partial charge in [-0.3, -0.25) is 9.59 Å². The van der Waals surface area contributed by atoms with Gasteiger partial charge in [-0.2, -0.15) is 0 Å². The maximum absolute atomic E-state index is 11.8. The number of carbonyl (C=O) groups excluding carboxylic acids is 3. The van der Waals surface area contributed by atoms with Gasteiger partial charge in [0.15, 0.2) is 0 Å². The number of methoxy groups -OCH3 is 1. The van der Waals surface area contributed by atoms with Crippen molar-refractivity contribution in [2.45, 2.75) is 13.8 Å². The van der Waals surface area contributed by atoms with Crippen molar-refractivity contribution in [2.75, 3.05) is 38.6 Å². The van der Waals surface area contributed by atoms with Crippen LogP contribution in [-0.2, 0) is 14.3 Å². The van der Waals surface area contributed by atoms with Crippen molar-refractivity contribution < 1.29 is 24.0 Å². The number of amides is 2. The first kappa shape index (κ1) is 18.6. The minimum atomic E-state index is -0.731. The van der Waals surface area contributed by atoms with Crippen molar-refractivity contribution in [2.24, 2.45) is 0 Å². The van der Waals surface area contributed by atoms with Crippen molar-refractivity contribution in [1.82, 2.24) is 5.32 Å². The molecule has 0 radical (unpaired) electrons. The first-order valence-electron chi connectivity index (χ1n) is 7.62. The number of anilines is 1. The van der Waals surface area contributed by atoms with Crippen molar-refractivity contribution >= 4 is 23.5 Å². The smallest absolute Gasteiger partial charge is 0.337 e. The molecule has 0 spiro atoms. The lowest BCUT2D eigenvalue weighted by Gasteiger charge is -2.15. The summed E-state index contributed by atoms with van der Waals surface area (Å²) in [5.41, 5.74) is 0.810. The number of ether oxygens (including phenoxy) is 1. The fraction of sp³-hybridized carbons (Fsp3) is 0.438. The lowest BCUT2D eigenvalue weighted by molar-refractivity contribution is -0.895. The fourth-order valence-electron chi connectivity index (χ4n) is 2.03. The van der Waals surface area contributed by atoms with Crippen molar-refractivity contribution in [3.8, 4) is 0 Å². The fourth-order valence-corrected chi connectivity index (χ4v) is 2.03. The number of likely N-dealkylation sites (N-methyl/N-ethyl adjacent to an activating group) is 1. The standard InChI is InChI=1S/C16H23N3O4/c1-4-19(5-2)11-10-17-14(20)15(21)18-13-8-6-12(7-9-13)16(22)23-3/h6-9H,4-5,10-11H2,1-3H3,(H,17,20)(H,18,21)/p+1. The zero-order valence-electron chi connectivity index (χ0n) is 13.8. The van der Waals surface area contributed by atoms with Gasteiger partial charge in [-0.15, -0.1) is 0 Å². The van der Waals surface area contributed by atoms with Crippen LogP contribution in [0.3, 0.4) is 0 Å². The number of hydrogen-bond acceptors (Lipinski definition) is 4. The zero-order valence-corrected chi connectivity index (χ0v) is 13.8. The Balaban J connectivity index is 2.45. The van der Waals surface area contributed by atoms with Crippen LogP contribution in [0, 0.1) is 0 Å². The van der Waals surface area contributed by atoms with E-state index in [1.807, 2.05) is 0 Å². The first-order chi connectivity index (χ1) is 11.0. The van der Waals surface area contributed by atoms with E-state index in [4.69, 9.17) is 0 Å². The maximum Gasteiger partial charge on any atom is 0.337 e. The monoisotopic (exact) mass is 322 g/mol. The highest BCUT2D eigenvalue weighted by molar-refractivity contribution is 6.39. The zero-order chi connectivity index (χ0) is 17.2. The molecule has 7 heteroatoms. The van der Waals surface area contributed by atoms with E-state index in [0.29, 0.717) is 17.8 Å². The Bertz CT molecular complexity index is 539. The van der Waals surface area contributed by atoms with Crippen LogP contribution in [0.25, 0.3) is 0 Å². The summed E-state index contributed by atoms with van der Waals surface area (Å²) in [7, 11) is 1.29. The van der Waals surface area contributed by atoms with Gasteiger partial charge in [-0.1, -0.05) is 0 Å². The van der Waals surface area contributed by atoms with Crippen LogP contribution in [-0.4, -0.2) is 51.1 Å². The molecule has 0 aliphatic heterocycles. The van der Waals surface area contributed by atoms with Gasteiger partial charge in [0.1, 0.15) is 0 Å². The topological polar surface area (TPSA) is 88.9 Å². The molecule has 23 heavy (non-hydrogen) atoms. The molecular formula is C16H24N3O4+. The van der Waals surface area contributed by atoms with Crippen molar-refractivity contribution in [3.63, 3.8) is 0 Å². The van der Waals surface area contributed by atoms with Crippen LogP contribution < -0.4 is 15.5 Å². The summed E-state index contributed by atoms with van der Waals surface area (Å²) in [6.45, 7) is 7.33. The normalized spacial score (nSPS) is 10.3. The Morgan fingerprint density at radius 2 is 1.65 bits per heavy atom. The molecule has 7 nitrogen and oxygen atoms in total. The van der Waals surface area contributed by atoms with E-state index >= 15 is 0 Å². The molecule has 0 aliphatic rings. The molecular weight excluding hydrogens is 298 g/mol. The quantitative estimate of drug-likeness (QED) is 0.464. The summed E-state index contributed by atoms with van der Waals surface area (Å²) in [5.74, 6) is -1.86. The molecule has 0 saturated heterocycles. The van der Waals surface area contributed by atoms with Gasteiger partial charge < -0.3 is 20.3 Å². The minimum absolute atomic E-state index is 0.372. The van der Waals surface area contributed by atoms with Crippen LogP contribution in [0.4, 0.5) is 5.69 Å². The van der Waals surface area contributed by atoms with Crippen LogP contribution in [0.2, 0.25) is 0 Å². The second kappa shape index (κ2) is 9.58. The van der Waals surface area contributed by atoms with Gasteiger partial charge in [-0.25, -0.2) is 4.79 Å². The van der Waals surface area contributed by atoms with E-state index in [1.54, 1.807) is 0 Å². The number of benzene rings is 1. The molecule has 3 N–H and O–H groups in total. The number of hydrogen-bond donors (Lipinski definition) is 3. The first-order valence-corrected chi connectivity index (χ1v) is 7.62. The summed E-state index contributed by atoms with van der Waals surface area (Å²) in [6.07, 6.45) is 0. The van der Waals surface area contributed by atoms with Gasteiger partial charge >= 0.3 is 17.8 Å². The number of rotatable bonds is 7. The van der Waals surface area contributed by atoms with Gasteiger partial charge in [0, 0.05) is 5.69 Å². The van der Waals surface area contributed by atoms with Crippen molar-refractivity contribution in [3.05, 3.63) is 29.8 Å². The molecule has 0 fully saturated rings. The highest BCUT2D eigenvalue weighted by Crippen LogP contribution is 2.10. The van der Waals surface area contributed by atoms with E-state index < -0.39 is 17.8 Å². The number of esters is 1. The Kier molecular flexibility index (Phi) is 7.76. The molecule has 2 amide bonds. The van der Waals surface area contributed by atoms with Crippen LogP contribution in [0.1, 0.15) is 24.2 Å². The molecule has 126 valence electrons. The summed E-state index contributed by atoms with van der Waals surface area (Å²) in [6, 6.07) is 6.11. The second-order valence-electron chi connectivity index (χ2n) is 4.99. The highest BCUT2D eigenvalue weighted by Gasteiger charge is 2.14. The third-order valence-corrected chi connectivity index (χ3v) is 3.53. The molecule has 0 unspecified atom stereocenters. The average molecular weight is 322 g/mol. The molecule has 0 aromatic heterocycles. The predicted molar refractivity (Wildman–Crippen MR) is 86.3 cm³/mol.